The maximum atomic E-state index is 10.1. The van der Waals surface area contributed by atoms with Crippen LogP contribution < -0.4 is 9.30 Å². The summed E-state index contributed by atoms with van der Waals surface area (Å²) in [5, 5.41) is 1.86. The Kier molecular flexibility index (Phi) is 6.65. The van der Waals surface area contributed by atoms with Crippen LogP contribution in [0, 0.1) is 18.5 Å². The van der Waals surface area contributed by atoms with Crippen LogP contribution in [0.3, 0.4) is 0 Å². The van der Waals surface area contributed by atoms with Crippen molar-refractivity contribution in [3.05, 3.63) is 236 Å². The Morgan fingerprint density at radius 1 is 0.557 bits per heavy atom. The molecular formula is C64H44N4OPt-2. The molecule has 0 bridgehead atoms. The van der Waals surface area contributed by atoms with Gasteiger partial charge in [0.2, 0.25) is 0 Å². The molecule has 0 N–H and O–H groups in total. The summed E-state index contributed by atoms with van der Waals surface area (Å²) in [5.74, 6) is 1.18. The summed E-state index contributed by atoms with van der Waals surface area (Å²) in [5.41, 5.74) is -3.13. The van der Waals surface area contributed by atoms with Crippen molar-refractivity contribution in [3.8, 4) is 84.3 Å². The summed E-state index contributed by atoms with van der Waals surface area (Å²) >= 11 is 0. The first kappa shape index (κ1) is 27.2. The first-order valence-electron chi connectivity index (χ1n) is 31.4. The van der Waals surface area contributed by atoms with Gasteiger partial charge in [0.05, 0.1) is 42.8 Å². The molecule has 0 saturated carbocycles. The predicted octanol–water partition coefficient (Wildman–Crippen LogP) is 15.5. The molecule has 0 unspecified atom stereocenters. The monoisotopic (exact) mass is 1100 g/mol. The van der Waals surface area contributed by atoms with Gasteiger partial charge in [-0.3, -0.25) is 4.57 Å². The minimum absolute atomic E-state index is 0. The molecule has 0 spiro atoms. The van der Waals surface area contributed by atoms with Crippen LogP contribution in [-0.2, 0) is 26.5 Å². The molecule has 5 nitrogen and oxygen atoms in total. The molecule has 338 valence electrons. The van der Waals surface area contributed by atoms with Gasteiger partial charge in [-0.15, -0.1) is 29.7 Å². The molecule has 3 heterocycles. The van der Waals surface area contributed by atoms with Gasteiger partial charge in [-0.2, -0.15) is 18.2 Å². The van der Waals surface area contributed by atoms with Crippen LogP contribution in [0.1, 0.15) is 52.4 Å². The van der Waals surface area contributed by atoms with E-state index >= 15 is 0 Å². The van der Waals surface area contributed by atoms with Gasteiger partial charge in [0.15, 0.2) is 0 Å². The number of nitrogens with zero attached hydrogens (tertiary/aromatic N) is 4. The van der Waals surface area contributed by atoms with Crippen molar-refractivity contribution in [3.63, 3.8) is 0 Å². The normalized spacial score (nSPS) is 15.6. The second-order valence-electron chi connectivity index (χ2n) is 17.3. The van der Waals surface area contributed by atoms with E-state index in [1.54, 1.807) is 54.7 Å². The van der Waals surface area contributed by atoms with Crippen LogP contribution in [0.5, 0.6) is 11.5 Å². The SMILES string of the molecule is [2H]c1c([2H])c([2H])c(-c2c([2H])c([2H])c3c(c2-[n+]2[c-]n(-c4[c-]c(Oc5[c-]c6c(cc5)c5ccccc5n6-c5cc(C(C)(C)C)ccn5)ccc4)c4ccccc42)-c2c([2H])c([2H])c([2H])c([2H])c2-c2c([2H])c([2H])c([2H])c([2H])c2-c2c([2H])c([2H])c([2H])c([2H])c2-3)c([2H])c1[2H].[Pt]. The van der Waals surface area contributed by atoms with Crippen LogP contribution in [0.25, 0.3) is 106 Å². The number of ether oxygens (including phenoxy) is 1. The zero-order valence-corrected chi connectivity index (χ0v) is 39.5. The Morgan fingerprint density at radius 3 is 1.90 bits per heavy atom. The number of hydrogen-bond donors (Lipinski definition) is 0. The third-order valence-corrected chi connectivity index (χ3v) is 12.2. The topological polar surface area (TPSA) is 35.9 Å². The van der Waals surface area contributed by atoms with Crippen molar-refractivity contribution >= 4 is 32.8 Å². The van der Waals surface area contributed by atoms with E-state index in [1.807, 2.05) is 47.0 Å². The van der Waals surface area contributed by atoms with E-state index in [1.165, 1.54) is 9.13 Å². The van der Waals surface area contributed by atoms with E-state index in [-0.39, 0.29) is 43.4 Å². The number of aromatic nitrogens is 4. The van der Waals surface area contributed by atoms with Gasteiger partial charge in [-0.05, 0) is 90.3 Å². The second-order valence-corrected chi connectivity index (χ2v) is 17.3. The molecule has 9 aromatic carbocycles. The number of fused-ring (bicyclic) bond motifs is 12. The number of para-hydroxylation sites is 3. The second kappa shape index (κ2) is 17.1. The van der Waals surface area contributed by atoms with E-state index in [4.69, 9.17) is 20.7 Å². The molecule has 6 heteroatoms. The summed E-state index contributed by atoms with van der Waals surface area (Å²) in [4.78, 5) is 4.79. The largest absolute Gasteiger partial charge is 0.510 e. The molecule has 12 aromatic rings. The summed E-state index contributed by atoms with van der Waals surface area (Å²) in [7, 11) is 0. The van der Waals surface area contributed by atoms with Crippen molar-refractivity contribution in [2.45, 2.75) is 26.2 Å². The first-order chi connectivity index (χ1) is 41.8. The molecule has 0 atom stereocenters. The quantitative estimate of drug-likeness (QED) is 0.123. The van der Waals surface area contributed by atoms with Crippen molar-refractivity contribution in [1.29, 1.82) is 0 Å². The summed E-state index contributed by atoms with van der Waals surface area (Å²) in [6.45, 7) is 6.38. The summed E-state index contributed by atoms with van der Waals surface area (Å²) in [6.07, 6.45) is 5.08. The molecule has 0 aliphatic heterocycles. The molecule has 1 aliphatic carbocycles. The molecule has 1 aliphatic rings. The minimum Gasteiger partial charge on any atom is -0.510 e. The van der Waals surface area contributed by atoms with E-state index in [9.17, 15) is 15.1 Å². The van der Waals surface area contributed by atoms with Gasteiger partial charge in [-0.25, -0.2) is 4.98 Å². The molecule has 0 amide bonds. The fourth-order valence-electron chi connectivity index (χ4n) is 9.09. The van der Waals surface area contributed by atoms with Gasteiger partial charge >= 0.3 is 0 Å². The third-order valence-electron chi connectivity index (χ3n) is 12.2. The molecule has 70 heavy (non-hydrogen) atoms. The molecule has 3 aromatic heterocycles. The number of pyridine rings is 1. The minimum atomic E-state index is -0.915. The van der Waals surface area contributed by atoms with E-state index in [0.29, 0.717) is 22.6 Å². The van der Waals surface area contributed by atoms with E-state index in [0.717, 1.165) is 21.9 Å². The van der Waals surface area contributed by atoms with Gasteiger partial charge in [0.25, 0.3) is 6.33 Å². The van der Waals surface area contributed by atoms with Crippen LogP contribution >= 0.6 is 0 Å². The maximum absolute atomic E-state index is 10.1. The summed E-state index contributed by atoms with van der Waals surface area (Å²) < 4.78 is 189. The molecular weight excluding hydrogens is 1040 g/mol. The van der Waals surface area contributed by atoms with E-state index < -0.39 is 176 Å². The number of rotatable bonds is 6. The molecule has 0 radical (unpaired) electrons. The molecule has 13 rings (SSSR count). The van der Waals surface area contributed by atoms with Gasteiger partial charge in [0, 0.05) is 49.8 Å². The van der Waals surface area contributed by atoms with Crippen LogP contribution in [0.15, 0.2) is 212 Å². The molecule has 0 saturated heterocycles. The zero-order valence-electron chi connectivity index (χ0n) is 56.3. The average molecular weight is 1100 g/mol. The van der Waals surface area contributed by atoms with Crippen LogP contribution in [0.2, 0.25) is 0 Å². The number of hydrogen-bond acceptors (Lipinski definition) is 2. The molecule has 0 fully saturated rings. The zero-order chi connectivity index (χ0) is 62.8. The van der Waals surface area contributed by atoms with E-state index in [2.05, 4.69) is 39.2 Å². The van der Waals surface area contributed by atoms with Crippen molar-refractivity contribution < 1.29 is 56.4 Å². The average Bonchev–Trinajstić information content (AvgIpc) is 1.44. The predicted molar refractivity (Wildman–Crippen MR) is 279 cm³/mol. The fraction of sp³-hybridized carbons (Fsp3) is 0.0625. The fourth-order valence-corrected chi connectivity index (χ4v) is 9.09. The van der Waals surface area contributed by atoms with Crippen LogP contribution in [0.4, 0.5) is 0 Å². The van der Waals surface area contributed by atoms with Gasteiger partial charge in [-0.1, -0.05) is 184 Å². The Labute approximate surface area is 448 Å². The Morgan fingerprint density at radius 2 is 1.17 bits per heavy atom. The number of imidazole rings is 1. The third kappa shape index (κ3) is 7.11. The Bertz CT molecular complexity index is 5090. The van der Waals surface area contributed by atoms with Crippen LogP contribution in [-0.4, -0.2) is 14.1 Å². The number of benzene rings is 9. The van der Waals surface area contributed by atoms with Gasteiger partial charge in [0.1, 0.15) is 5.82 Å². The van der Waals surface area contributed by atoms with Crippen molar-refractivity contribution in [2.24, 2.45) is 0 Å². The van der Waals surface area contributed by atoms with Crippen molar-refractivity contribution in [2.75, 3.05) is 0 Å². The maximum Gasteiger partial charge on any atom is 0.268 e. The standard InChI is InChI=1S/C64H44N4O.Pt/c1-64(2,3)43-36-37-65-61(38-43)68-57-29-14-13-27-53(57)54-33-32-46(40-60(54)68)69-45-21-17-20-44(39-45)66-41-67(59-31-16-15-30-58(59)66)63-47(42-18-5-4-6-19-42)34-35-56-52-26-10-9-24-50(52)48-22-7-8-23-49(48)51-25-11-12-28-55(51)62(56)63;/h4-38H,1-3H3;/q-2;/i4D,5D,6D,7D,8D,9D,10D,11D,12D,18D,19D,22D,23D,24D,25D,26D,28D,34D,35D;. The van der Waals surface area contributed by atoms with Crippen molar-refractivity contribution in [1.82, 2.24) is 14.1 Å². The first-order valence-corrected chi connectivity index (χ1v) is 21.9. The van der Waals surface area contributed by atoms with Gasteiger partial charge < -0.3 is 13.9 Å². The smallest absolute Gasteiger partial charge is 0.268 e. The Balaban J connectivity index is 0.00000769. The summed E-state index contributed by atoms with van der Waals surface area (Å²) in [6, 6.07) is 17.6. The Hall–Kier alpha value is -8.11.